The normalized spacial score (nSPS) is 19.7. The van der Waals surface area contributed by atoms with Gasteiger partial charge in [-0.3, -0.25) is 4.90 Å². The Morgan fingerprint density at radius 3 is 2.40 bits per heavy atom. The second-order valence-electron chi connectivity index (χ2n) is 4.38. The SMILES string of the molecule is Cc1noc(C)c1CN1CCN(C)CC1. The topological polar surface area (TPSA) is 32.5 Å². The van der Waals surface area contributed by atoms with Crippen molar-refractivity contribution in [3.63, 3.8) is 0 Å². The lowest BCUT2D eigenvalue weighted by Crippen LogP contribution is -2.44. The average Bonchev–Trinajstić information content (AvgIpc) is 2.53. The van der Waals surface area contributed by atoms with Gasteiger partial charge in [-0.05, 0) is 20.9 Å². The fourth-order valence-electron chi connectivity index (χ4n) is 1.96. The van der Waals surface area contributed by atoms with Crippen molar-refractivity contribution in [3.8, 4) is 0 Å². The molecule has 0 bridgehead atoms. The third-order valence-electron chi connectivity index (χ3n) is 3.16. The highest BCUT2D eigenvalue weighted by atomic mass is 16.5. The van der Waals surface area contributed by atoms with Gasteiger partial charge in [-0.15, -0.1) is 0 Å². The number of aryl methyl sites for hydroxylation is 2. The minimum atomic E-state index is 0.964. The van der Waals surface area contributed by atoms with Crippen LogP contribution in [-0.4, -0.2) is 48.2 Å². The van der Waals surface area contributed by atoms with E-state index in [1.807, 2.05) is 13.8 Å². The van der Waals surface area contributed by atoms with E-state index in [4.69, 9.17) is 4.52 Å². The van der Waals surface area contributed by atoms with Crippen LogP contribution in [0.2, 0.25) is 0 Å². The Labute approximate surface area is 90.8 Å². The average molecular weight is 209 g/mol. The first-order valence-electron chi connectivity index (χ1n) is 5.49. The molecule has 1 aliphatic rings. The number of rotatable bonds is 2. The van der Waals surface area contributed by atoms with E-state index >= 15 is 0 Å². The summed E-state index contributed by atoms with van der Waals surface area (Å²) >= 11 is 0. The largest absolute Gasteiger partial charge is 0.361 e. The molecule has 1 fully saturated rings. The van der Waals surface area contributed by atoms with Gasteiger partial charge in [-0.2, -0.15) is 0 Å². The fourth-order valence-corrected chi connectivity index (χ4v) is 1.96. The Balaban J connectivity index is 1.97. The molecule has 1 aromatic heterocycles. The van der Waals surface area contributed by atoms with E-state index in [1.54, 1.807) is 0 Å². The molecular weight excluding hydrogens is 190 g/mol. The van der Waals surface area contributed by atoms with Crippen LogP contribution in [0.25, 0.3) is 0 Å². The van der Waals surface area contributed by atoms with Crippen LogP contribution in [0.3, 0.4) is 0 Å². The smallest absolute Gasteiger partial charge is 0.138 e. The molecule has 0 spiro atoms. The van der Waals surface area contributed by atoms with Crippen LogP contribution in [0.15, 0.2) is 4.52 Å². The van der Waals surface area contributed by atoms with Gasteiger partial charge in [0.25, 0.3) is 0 Å². The first kappa shape index (κ1) is 10.6. The van der Waals surface area contributed by atoms with Crippen LogP contribution in [0.1, 0.15) is 17.0 Å². The highest BCUT2D eigenvalue weighted by Crippen LogP contribution is 2.15. The molecule has 1 aromatic rings. The standard InChI is InChI=1S/C11H19N3O/c1-9-11(10(2)15-12-9)8-14-6-4-13(3)5-7-14/h4-8H2,1-3H3. The van der Waals surface area contributed by atoms with Crippen molar-refractivity contribution in [2.45, 2.75) is 20.4 Å². The Bertz CT molecular complexity index is 307. The quantitative estimate of drug-likeness (QED) is 0.728. The highest BCUT2D eigenvalue weighted by Gasteiger charge is 2.17. The maximum absolute atomic E-state index is 5.17. The first-order chi connectivity index (χ1) is 7.16. The van der Waals surface area contributed by atoms with Gasteiger partial charge in [0.05, 0.1) is 5.69 Å². The molecule has 4 nitrogen and oxygen atoms in total. The Hall–Kier alpha value is -0.870. The molecule has 0 saturated carbocycles. The Morgan fingerprint density at radius 1 is 1.20 bits per heavy atom. The molecule has 0 radical (unpaired) electrons. The lowest BCUT2D eigenvalue weighted by Gasteiger charge is -2.32. The number of hydrogen-bond donors (Lipinski definition) is 0. The van der Waals surface area contributed by atoms with Gasteiger partial charge < -0.3 is 9.42 Å². The minimum Gasteiger partial charge on any atom is -0.361 e. The molecule has 0 amide bonds. The Morgan fingerprint density at radius 2 is 1.87 bits per heavy atom. The summed E-state index contributed by atoms with van der Waals surface area (Å²) in [6, 6.07) is 0. The molecule has 0 aliphatic carbocycles. The zero-order valence-corrected chi connectivity index (χ0v) is 9.79. The lowest BCUT2D eigenvalue weighted by molar-refractivity contribution is 0.147. The summed E-state index contributed by atoms with van der Waals surface area (Å²) in [6.07, 6.45) is 0. The van der Waals surface area contributed by atoms with Gasteiger partial charge in [0.1, 0.15) is 5.76 Å². The van der Waals surface area contributed by atoms with Crippen molar-refractivity contribution in [1.29, 1.82) is 0 Å². The zero-order valence-electron chi connectivity index (χ0n) is 9.79. The summed E-state index contributed by atoms with van der Waals surface area (Å²) in [5, 5.41) is 3.98. The van der Waals surface area contributed by atoms with Crippen molar-refractivity contribution >= 4 is 0 Å². The summed E-state index contributed by atoms with van der Waals surface area (Å²) in [6.45, 7) is 9.58. The molecular formula is C11H19N3O. The molecule has 2 heterocycles. The van der Waals surface area contributed by atoms with E-state index in [1.165, 1.54) is 5.56 Å². The van der Waals surface area contributed by atoms with Crippen molar-refractivity contribution in [2.24, 2.45) is 0 Å². The summed E-state index contributed by atoms with van der Waals surface area (Å²) in [5.74, 6) is 0.964. The van der Waals surface area contributed by atoms with Gasteiger partial charge >= 0.3 is 0 Å². The molecule has 4 heteroatoms. The molecule has 1 saturated heterocycles. The van der Waals surface area contributed by atoms with Gasteiger partial charge in [-0.25, -0.2) is 0 Å². The monoisotopic (exact) mass is 209 g/mol. The minimum absolute atomic E-state index is 0.964. The van der Waals surface area contributed by atoms with E-state index in [9.17, 15) is 0 Å². The van der Waals surface area contributed by atoms with Crippen molar-refractivity contribution in [3.05, 3.63) is 17.0 Å². The summed E-state index contributed by atoms with van der Waals surface area (Å²) < 4.78 is 5.17. The van der Waals surface area contributed by atoms with Crippen LogP contribution >= 0.6 is 0 Å². The van der Waals surface area contributed by atoms with Crippen molar-refractivity contribution in [1.82, 2.24) is 15.0 Å². The van der Waals surface area contributed by atoms with Crippen molar-refractivity contribution in [2.75, 3.05) is 33.2 Å². The fraction of sp³-hybridized carbons (Fsp3) is 0.727. The summed E-state index contributed by atoms with van der Waals surface area (Å²) in [7, 11) is 2.17. The summed E-state index contributed by atoms with van der Waals surface area (Å²) in [4.78, 5) is 4.83. The number of hydrogen-bond acceptors (Lipinski definition) is 4. The predicted octanol–water partition coefficient (Wildman–Crippen LogP) is 1.04. The van der Waals surface area contributed by atoms with E-state index < -0.39 is 0 Å². The molecule has 0 aromatic carbocycles. The van der Waals surface area contributed by atoms with E-state index in [0.29, 0.717) is 0 Å². The van der Waals surface area contributed by atoms with E-state index in [0.717, 1.165) is 44.2 Å². The molecule has 2 rings (SSSR count). The number of likely N-dealkylation sites (N-methyl/N-ethyl adjacent to an activating group) is 1. The zero-order chi connectivity index (χ0) is 10.8. The van der Waals surface area contributed by atoms with Crippen LogP contribution in [0.5, 0.6) is 0 Å². The maximum Gasteiger partial charge on any atom is 0.138 e. The first-order valence-corrected chi connectivity index (χ1v) is 5.49. The van der Waals surface area contributed by atoms with Crippen LogP contribution in [0.4, 0.5) is 0 Å². The molecule has 15 heavy (non-hydrogen) atoms. The molecule has 1 aliphatic heterocycles. The summed E-state index contributed by atoms with van der Waals surface area (Å²) in [5.41, 5.74) is 2.30. The van der Waals surface area contributed by atoms with Gasteiger partial charge in [0.2, 0.25) is 0 Å². The van der Waals surface area contributed by atoms with Crippen molar-refractivity contribution < 1.29 is 4.52 Å². The number of aromatic nitrogens is 1. The van der Waals surface area contributed by atoms with Gasteiger partial charge in [0.15, 0.2) is 0 Å². The van der Waals surface area contributed by atoms with Crippen LogP contribution in [0, 0.1) is 13.8 Å². The van der Waals surface area contributed by atoms with Gasteiger partial charge in [0, 0.05) is 38.3 Å². The van der Waals surface area contributed by atoms with E-state index in [2.05, 4.69) is 22.0 Å². The predicted molar refractivity (Wildman–Crippen MR) is 58.8 cm³/mol. The number of nitrogens with zero attached hydrogens (tertiary/aromatic N) is 3. The maximum atomic E-state index is 5.17. The molecule has 0 unspecified atom stereocenters. The lowest BCUT2D eigenvalue weighted by atomic mass is 10.2. The van der Waals surface area contributed by atoms with Crippen LogP contribution < -0.4 is 0 Å². The molecule has 0 atom stereocenters. The second kappa shape index (κ2) is 4.33. The third kappa shape index (κ3) is 2.38. The molecule has 0 N–H and O–H groups in total. The van der Waals surface area contributed by atoms with E-state index in [-0.39, 0.29) is 0 Å². The Kier molecular flexibility index (Phi) is 3.07. The highest BCUT2D eigenvalue weighted by molar-refractivity contribution is 5.20. The third-order valence-corrected chi connectivity index (χ3v) is 3.16. The van der Waals surface area contributed by atoms with Gasteiger partial charge in [-0.1, -0.05) is 5.16 Å². The number of piperazine rings is 1. The van der Waals surface area contributed by atoms with Crippen LogP contribution in [-0.2, 0) is 6.54 Å². The molecule has 84 valence electrons. The second-order valence-corrected chi connectivity index (χ2v) is 4.38.